The van der Waals surface area contributed by atoms with Crippen molar-refractivity contribution in [1.82, 2.24) is 10.2 Å². The third kappa shape index (κ3) is 2.62. The third-order valence-corrected chi connectivity index (χ3v) is 2.85. The van der Waals surface area contributed by atoms with Crippen molar-refractivity contribution in [2.75, 3.05) is 19.7 Å². The number of amides is 2. The second-order valence-electron chi connectivity index (χ2n) is 5.63. The maximum atomic E-state index is 11.8. The number of likely N-dealkylation sites (tertiary alicyclic amines) is 1. The van der Waals surface area contributed by atoms with Crippen molar-refractivity contribution in [3.05, 3.63) is 0 Å². The Labute approximate surface area is 100 Å². The lowest BCUT2D eigenvalue weighted by molar-refractivity contribution is 0.0281. The van der Waals surface area contributed by atoms with Gasteiger partial charge in [0.1, 0.15) is 12.2 Å². The maximum Gasteiger partial charge on any atom is 0.410 e. The number of rotatable bonds is 0. The molecule has 2 heterocycles. The summed E-state index contributed by atoms with van der Waals surface area (Å²) in [4.78, 5) is 24.5. The Hall–Kier alpha value is -1.46. The topological polar surface area (TPSA) is 67.9 Å². The van der Waals surface area contributed by atoms with Crippen LogP contribution in [0.25, 0.3) is 0 Å². The summed E-state index contributed by atoms with van der Waals surface area (Å²) in [6, 6.07) is 0. The Morgan fingerprint density at radius 2 is 2.24 bits per heavy atom. The molecule has 17 heavy (non-hydrogen) atoms. The minimum Gasteiger partial charge on any atom is -0.447 e. The highest BCUT2D eigenvalue weighted by Crippen LogP contribution is 2.26. The summed E-state index contributed by atoms with van der Waals surface area (Å²) in [6.07, 6.45) is -0.0376. The highest BCUT2D eigenvalue weighted by Gasteiger charge is 2.47. The van der Waals surface area contributed by atoms with Gasteiger partial charge >= 0.3 is 12.2 Å². The van der Waals surface area contributed by atoms with E-state index < -0.39 is 17.2 Å². The second-order valence-corrected chi connectivity index (χ2v) is 5.63. The van der Waals surface area contributed by atoms with Gasteiger partial charge in [0.05, 0.1) is 12.1 Å². The van der Waals surface area contributed by atoms with Crippen LogP contribution in [0.15, 0.2) is 0 Å². The molecule has 0 aromatic rings. The van der Waals surface area contributed by atoms with Crippen molar-refractivity contribution < 1.29 is 19.1 Å². The van der Waals surface area contributed by atoms with E-state index in [1.165, 1.54) is 0 Å². The zero-order valence-corrected chi connectivity index (χ0v) is 10.4. The summed E-state index contributed by atoms with van der Waals surface area (Å²) >= 11 is 0. The van der Waals surface area contributed by atoms with Gasteiger partial charge in [0.2, 0.25) is 0 Å². The highest BCUT2D eigenvalue weighted by molar-refractivity contribution is 5.72. The normalized spacial score (nSPS) is 28.2. The molecule has 2 fully saturated rings. The fourth-order valence-electron chi connectivity index (χ4n) is 2.07. The SMILES string of the molecule is CC(C)(C)OC(=O)N1CCC2(COC(=O)N2)C1. The minimum absolute atomic E-state index is 0.325. The number of ether oxygens (including phenoxy) is 2. The fourth-order valence-corrected chi connectivity index (χ4v) is 2.07. The molecule has 2 amide bonds. The number of carbonyl (C=O) groups excluding carboxylic acids is 2. The van der Waals surface area contributed by atoms with Crippen molar-refractivity contribution >= 4 is 12.2 Å². The largest absolute Gasteiger partial charge is 0.447 e. The number of hydrogen-bond donors (Lipinski definition) is 1. The lowest BCUT2D eigenvalue weighted by Crippen LogP contribution is -2.47. The van der Waals surface area contributed by atoms with Gasteiger partial charge in [-0.1, -0.05) is 0 Å². The predicted octanol–water partition coefficient (Wildman–Crippen LogP) is 1.11. The minimum atomic E-state index is -0.498. The smallest absolute Gasteiger partial charge is 0.410 e. The summed E-state index contributed by atoms with van der Waals surface area (Å²) < 4.78 is 10.2. The van der Waals surface area contributed by atoms with Crippen LogP contribution in [-0.2, 0) is 9.47 Å². The van der Waals surface area contributed by atoms with Gasteiger partial charge in [-0.25, -0.2) is 9.59 Å². The van der Waals surface area contributed by atoms with Crippen LogP contribution in [0.2, 0.25) is 0 Å². The Morgan fingerprint density at radius 3 is 2.76 bits per heavy atom. The van der Waals surface area contributed by atoms with Crippen LogP contribution < -0.4 is 5.32 Å². The van der Waals surface area contributed by atoms with Gasteiger partial charge in [-0.3, -0.25) is 0 Å². The van der Waals surface area contributed by atoms with E-state index in [9.17, 15) is 9.59 Å². The van der Waals surface area contributed by atoms with Crippen molar-refractivity contribution in [3.8, 4) is 0 Å². The molecule has 96 valence electrons. The highest BCUT2D eigenvalue weighted by atomic mass is 16.6. The molecule has 0 aromatic carbocycles. The lowest BCUT2D eigenvalue weighted by atomic mass is 10.0. The van der Waals surface area contributed by atoms with E-state index >= 15 is 0 Å². The number of hydrogen-bond acceptors (Lipinski definition) is 4. The molecule has 2 aliphatic heterocycles. The summed E-state index contributed by atoms with van der Waals surface area (Å²) in [7, 11) is 0. The molecule has 1 unspecified atom stereocenters. The molecule has 6 nitrogen and oxygen atoms in total. The molecule has 1 atom stereocenters. The maximum absolute atomic E-state index is 11.8. The third-order valence-electron chi connectivity index (χ3n) is 2.85. The number of nitrogens with one attached hydrogen (secondary N) is 1. The Bertz CT molecular complexity index is 350. The van der Waals surface area contributed by atoms with Crippen LogP contribution in [-0.4, -0.2) is 47.9 Å². The molecule has 6 heteroatoms. The average molecular weight is 242 g/mol. The molecule has 0 radical (unpaired) electrons. The molecule has 2 saturated heterocycles. The van der Waals surface area contributed by atoms with E-state index in [1.807, 2.05) is 20.8 Å². The molecule has 2 rings (SSSR count). The second kappa shape index (κ2) is 3.78. The van der Waals surface area contributed by atoms with E-state index in [2.05, 4.69) is 5.32 Å². The van der Waals surface area contributed by atoms with E-state index in [0.717, 1.165) is 0 Å². The molecular formula is C11H18N2O4. The Morgan fingerprint density at radius 1 is 1.53 bits per heavy atom. The zero-order chi connectivity index (χ0) is 12.7. The van der Waals surface area contributed by atoms with Crippen LogP contribution >= 0.6 is 0 Å². The fraction of sp³-hybridized carbons (Fsp3) is 0.818. The van der Waals surface area contributed by atoms with E-state index in [1.54, 1.807) is 4.90 Å². The van der Waals surface area contributed by atoms with Crippen LogP contribution in [0.4, 0.5) is 9.59 Å². The molecule has 2 aliphatic rings. The molecule has 1 spiro atoms. The average Bonchev–Trinajstić information content (AvgIpc) is 2.72. The number of nitrogens with zero attached hydrogens (tertiary/aromatic N) is 1. The standard InChI is InChI=1S/C11H18N2O4/c1-10(2,3)17-9(15)13-5-4-11(6-13)7-16-8(14)12-11/h4-7H2,1-3H3,(H,12,14). The Kier molecular flexibility index (Phi) is 2.67. The van der Waals surface area contributed by atoms with Crippen molar-refractivity contribution in [1.29, 1.82) is 0 Å². The quantitative estimate of drug-likeness (QED) is 0.690. The van der Waals surface area contributed by atoms with E-state index in [4.69, 9.17) is 9.47 Å². The molecule has 1 N–H and O–H groups in total. The first-order chi connectivity index (χ1) is 7.80. The van der Waals surface area contributed by atoms with Crippen LogP contribution in [0, 0.1) is 0 Å². The predicted molar refractivity (Wildman–Crippen MR) is 59.6 cm³/mol. The summed E-state index contributed by atoms with van der Waals surface area (Å²) in [6.45, 7) is 6.85. The number of cyclic esters (lactones) is 1. The first-order valence-electron chi connectivity index (χ1n) is 5.73. The van der Waals surface area contributed by atoms with Gasteiger partial charge in [-0.15, -0.1) is 0 Å². The lowest BCUT2D eigenvalue weighted by Gasteiger charge is -2.25. The number of alkyl carbamates (subject to hydrolysis) is 1. The van der Waals surface area contributed by atoms with Gasteiger partial charge < -0.3 is 19.7 Å². The van der Waals surface area contributed by atoms with Crippen LogP contribution in [0.1, 0.15) is 27.2 Å². The van der Waals surface area contributed by atoms with Gasteiger partial charge in [0.15, 0.2) is 0 Å². The summed E-state index contributed by atoms with van der Waals surface area (Å²) in [5.74, 6) is 0. The first-order valence-corrected chi connectivity index (χ1v) is 5.73. The van der Waals surface area contributed by atoms with Crippen molar-refractivity contribution in [2.45, 2.75) is 38.3 Å². The summed E-state index contributed by atoms with van der Waals surface area (Å²) in [5.41, 5.74) is -0.906. The van der Waals surface area contributed by atoms with Gasteiger partial charge in [-0.05, 0) is 27.2 Å². The monoisotopic (exact) mass is 242 g/mol. The van der Waals surface area contributed by atoms with Crippen LogP contribution in [0.5, 0.6) is 0 Å². The molecule has 0 bridgehead atoms. The van der Waals surface area contributed by atoms with Gasteiger partial charge in [0.25, 0.3) is 0 Å². The Balaban J connectivity index is 1.94. The van der Waals surface area contributed by atoms with Crippen molar-refractivity contribution in [3.63, 3.8) is 0 Å². The van der Waals surface area contributed by atoms with Crippen molar-refractivity contribution in [2.24, 2.45) is 0 Å². The molecule has 0 aromatic heterocycles. The number of carbonyl (C=O) groups is 2. The zero-order valence-electron chi connectivity index (χ0n) is 10.4. The summed E-state index contributed by atoms with van der Waals surface area (Å²) in [5, 5.41) is 2.77. The first kappa shape index (κ1) is 12.0. The molecular weight excluding hydrogens is 224 g/mol. The van der Waals surface area contributed by atoms with E-state index in [-0.39, 0.29) is 6.09 Å². The van der Waals surface area contributed by atoms with Gasteiger partial charge in [0, 0.05) is 6.54 Å². The van der Waals surface area contributed by atoms with E-state index in [0.29, 0.717) is 26.1 Å². The van der Waals surface area contributed by atoms with Gasteiger partial charge in [-0.2, -0.15) is 0 Å². The van der Waals surface area contributed by atoms with Crippen LogP contribution in [0.3, 0.4) is 0 Å². The molecule has 0 saturated carbocycles. The molecule has 0 aliphatic carbocycles.